The van der Waals surface area contributed by atoms with Crippen molar-refractivity contribution in [2.24, 2.45) is 0 Å². The molecule has 3 aromatic rings. The second-order valence-corrected chi connectivity index (χ2v) is 5.84. The van der Waals surface area contributed by atoms with Crippen molar-refractivity contribution in [3.63, 3.8) is 0 Å². The largest absolute Gasteiger partial charge is 0.382 e. The average Bonchev–Trinajstić information content (AvgIpc) is 2.93. The normalized spacial score (nSPS) is 10.6. The summed E-state index contributed by atoms with van der Waals surface area (Å²) in [4.78, 5) is 12.5. The minimum atomic E-state index is -0.375. The van der Waals surface area contributed by atoms with Crippen LogP contribution in [0.1, 0.15) is 27.2 Å². The SMILES string of the molecule is Cc1ccc(-n2nnc(C(=O)Nc3cc(C)ccc3C)c2N)cc1. The highest BCUT2D eigenvalue weighted by atomic mass is 16.2. The molecule has 0 atom stereocenters. The number of aromatic nitrogens is 3. The van der Waals surface area contributed by atoms with E-state index in [1.807, 2.05) is 63.2 Å². The Morgan fingerprint density at radius 1 is 1.04 bits per heavy atom. The van der Waals surface area contributed by atoms with E-state index in [1.54, 1.807) is 0 Å². The third kappa shape index (κ3) is 2.99. The Labute approximate surface area is 140 Å². The lowest BCUT2D eigenvalue weighted by Crippen LogP contribution is -2.15. The first kappa shape index (κ1) is 15.7. The fourth-order valence-corrected chi connectivity index (χ4v) is 2.38. The third-order valence-corrected chi connectivity index (χ3v) is 3.84. The Hall–Kier alpha value is -3.15. The van der Waals surface area contributed by atoms with Crippen LogP contribution < -0.4 is 11.1 Å². The first-order chi connectivity index (χ1) is 11.5. The molecule has 2 aromatic carbocycles. The molecule has 0 aliphatic rings. The van der Waals surface area contributed by atoms with E-state index in [2.05, 4.69) is 15.6 Å². The van der Waals surface area contributed by atoms with Crippen molar-refractivity contribution in [2.45, 2.75) is 20.8 Å². The van der Waals surface area contributed by atoms with E-state index in [1.165, 1.54) is 4.68 Å². The number of anilines is 2. The Kier molecular flexibility index (Phi) is 4.04. The lowest BCUT2D eigenvalue weighted by atomic mass is 10.1. The van der Waals surface area contributed by atoms with Crippen LogP contribution in [0.25, 0.3) is 5.69 Å². The Morgan fingerprint density at radius 2 is 1.71 bits per heavy atom. The van der Waals surface area contributed by atoms with Gasteiger partial charge in [0.25, 0.3) is 5.91 Å². The highest BCUT2D eigenvalue weighted by Crippen LogP contribution is 2.20. The summed E-state index contributed by atoms with van der Waals surface area (Å²) in [6.07, 6.45) is 0. The number of nitrogens with zero attached hydrogens (tertiary/aromatic N) is 3. The van der Waals surface area contributed by atoms with E-state index in [0.717, 1.165) is 28.1 Å². The molecule has 0 fully saturated rings. The molecule has 0 aliphatic carbocycles. The summed E-state index contributed by atoms with van der Waals surface area (Å²) in [5, 5.41) is 10.8. The molecule has 0 spiro atoms. The molecule has 0 radical (unpaired) electrons. The lowest BCUT2D eigenvalue weighted by Gasteiger charge is -2.08. The highest BCUT2D eigenvalue weighted by molar-refractivity contribution is 6.06. The average molecular weight is 321 g/mol. The third-order valence-electron chi connectivity index (χ3n) is 3.84. The van der Waals surface area contributed by atoms with Gasteiger partial charge in [0.2, 0.25) is 0 Å². The van der Waals surface area contributed by atoms with E-state index in [-0.39, 0.29) is 17.4 Å². The monoisotopic (exact) mass is 321 g/mol. The van der Waals surface area contributed by atoms with Gasteiger partial charge in [-0.1, -0.05) is 35.0 Å². The summed E-state index contributed by atoms with van der Waals surface area (Å²) in [5.74, 6) is -0.166. The van der Waals surface area contributed by atoms with Gasteiger partial charge in [0.15, 0.2) is 11.5 Å². The fourth-order valence-electron chi connectivity index (χ4n) is 2.38. The van der Waals surface area contributed by atoms with Crippen LogP contribution >= 0.6 is 0 Å². The highest BCUT2D eigenvalue weighted by Gasteiger charge is 2.19. The summed E-state index contributed by atoms with van der Waals surface area (Å²) in [6, 6.07) is 13.5. The van der Waals surface area contributed by atoms with E-state index in [4.69, 9.17) is 5.73 Å². The molecule has 6 nitrogen and oxygen atoms in total. The van der Waals surface area contributed by atoms with Crippen molar-refractivity contribution >= 4 is 17.4 Å². The van der Waals surface area contributed by atoms with Crippen molar-refractivity contribution in [2.75, 3.05) is 11.1 Å². The van der Waals surface area contributed by atoms with Crippen LogP contribution in [0.4, 0.5) is 11.5 Å². The molecule has 1 heterocycles. The van der Waals surface area contributed by atoms with Gasteiger partial charge in [-0.05, 0) is 50.1 Å². The number of nitrogens with two attached hydrogens (primary N) is 1. The number of carbonyl (C=O) groups is 1. The molecule has 24 heavy (non-hydrogen) atoms. The van der Waals surface area contributed by atoms with E-state index < -0.39 is 0 Å². The van der Waals surface area contributed by atoms with Gasteiger partial charge in [-0.2, -0.15) is 4.68 Å². The summed E-state index contributed by atoms with van der Waals surface area (Å²) >= 11 is 0. The van der Waals surface area contributed by atoms with Crippen molar-refractivity contribution in [1.82, 2.24) is 15.0 Å². The van der Waals surface area contributed by atoms with Crippen molar-refractivity contribution in [3.05, 3.63) is 64.8 Å². The van der Waals surface area contributed by atoms with Gasteiger partial charge in [0.1, 0.15) is 0 Å². The number of nitrogens with one attached hydrogen (secondary N) is 1. The van der Waals surface area contributed by atoms with Gasteiger partial charge in [-0.3, -0.25) is 4.79 Å². The molecule has 1 amide bonds. The molecule has 0 bridgehead atoms. The number of amides is 1. The molecule has 0 saturated carbocycles. The van der Waals surface area contributed by atoms with E-state index >= 15 is 0 Å². The molecule has 3 N–H and O–H groups in total. The van der Waals surface area contributed by atoms with Crippen molar-refractivity contribution < 1.29 is 4.79 Å². The molecule has 0 aliphatic heterocycles. The van der Waals surface area contributed by atoms with Crippen LogP contribution in [0.5, 0.6) is 0 Å². The minimum absolute atomic E-state index is 0.108. The molecule has 0 saturated heterocycles. The topological polar surface area (TPSA) is 85.8 Å². The number of nitrogen functional groups attached to an aromatic ring is 1. The lowest BCUT2D eigenvalue weighted by molar-refractivity contribution is 0.102. The summed E-state index contributed by atoms with van der Waals surface area (Å²) in [7, 11) is 0. The first-order valence-corrected chi connectivity index (χ1v) is 7.62. The maximum absolute atomic E-state index is 12.5. The predicted octanol–water partition coefficient (Wildman–Crippen LogP) is 3.03. The van der Waals surface area contributed by atoms with Crippen LogP contribution in [0, 0.1) is 20.8 Å². The van der Waals surface area contributed by atoms with Crippen molar-refractivity contribution in [3.8, 4) is 5.69 Å². The van der Waals surface area contributed by atoms with Gasteiger partial charge in [0, 0.05) is 5.69 Å². The second kappa shape index (κ2) is 6.16. The van der Waals surface area contributed by atoms with E-state index in [9.17, 15) is 4.79 Å². The molecule has 6 heteroatoms. The molecular weight excluding hydrogens is 302 g/mol. The van der Waals surface area contributed by atoms with Crippen LogP contribution in [0.3, 0.4) is 0 Å². The smallest absolute Gasteiger partial charge is 0.280 e. The number of hydrogen-bond donors (Lipinski definition) is 2. The first-order valence-electron chi connectivity index (χ1n) is 7.62. The van der Waals surface area contributed by atoms with Gasteiger partial charge in [0.05, 0.1) is 5.69 Å². The summed E-state index contributed by atoms with van der Waals surface area (Å²) in [5.41, 5.74) is 10.8. The molecule has 1 aromatic heterocycles. The number of rotatable bonds is 3. The predicted molar refractivity (Wildman–Crippen MR) is 94.4 cm³/mol. The molecule has 122 valence electrons. The summed E-state index contributed by atoms with van der Waals surface area (Å²) in [6.45, 7) is 5.90. The maximum atomic E-state index is 12.5. The Balaban J connectivity index is 1.89. The van der Waals surface area contributed by atoms with Gasteiger partial charge >= 0.3 is 0 Å². The quantitative estimate of drug-likeness (QED) is 0.776. The summed E-state index contributed by atoms with van der Waals surface area (Å²) < 4.78 is 1.46. The number of benzene rings is 2. The zero-order valence-electron chi connectivity index (χ0n) is 13.9. The van der Waals surface area contributed by atoms with Gasteiger partial charge < -0.3 is 11.1 Å². The molecule has 0 unspecified atom stereocenters. The number of carbonyl (C=O) groups excluding carboxylic acids is 1. The Morgan fingerprint density at radius 3 is 2.42 bits per heavy atom. The fraction of sp³-hybridized carbons (Fsp3) is 0.167. The van der Waals surface area contributed by atoms with Crippen LogP contribution in [0.2, 0.25) is 0 Å². The van der Waals surface area contributed by atoms with E-state index in [0.29, 0.717) is 0 Å². The maximum Gasteiger partial charge on any atom is 0.280 e. The second-order valence-electron chi connectivity index (χ2n) is 5.84. The Bertz CT molecular complexity index is 896. The van der Waals surface area contributed by atoms with Gasteiger partial charge in [-0.15, -0.1) is 5.10 Å². The zero-order valence-corrected chi connectivity index (χ0v) is 13.9. The van der Waals surface area contributed by atoms with Crippen molar-refractivity contribution in [1.29, 1.82) is 0 Å². The standard InChI is InChI=1S/C18H19N5O/c1-11-5-8-14(9-6-11)23-17(19)16(21-22-23)18(24)20-15-10-12(2)4-7-13(15)3/h4-10H,19H2,1-3H3,(H,20,24). The number of hydrogen-bond acceptors (Lipinski definition) is 4. The minimum Gasteiger partial charge on any atom is -0.382 e. The van der Waals surface area contributed by atoms with Crippen LogP contribution in [-0.2, 0) is 0 Å². The van der Waals surface area contributed by atoms with Crippen LogP contribution in [0.15, 0.2) is 42.5 Å². The van der Waals surface area contributed by atoms with Crippen LogP contribution in [-0.4, -0.2) is 20.9 Å². The molecule has 3 rings (SSSR count). The zero-order chi connectivity index (χ0) is 17.3. The van der Waals surface area contributed by atoms with Gasteiger partial charge in [-0.25, -0.2) is 0 Å². The number of aryl methyl sites for hydroxylation is 3. The molecular formula is C18H19N5O.